The van der Waals surface area contributed by atoms with Crippen LogP contribution in [-0.2, 0) is 25.5 Å². The number of benzene rings is 1. The smallest absolute Gasteiger partial charge is 0.308 e. The second kappa shape index (κ2) is 7.23. The fourth-order valence-corrected chi connectivity index (χ4v) is 1.65. The average molecular weight is 292 g/mol. The molecule has 0 atom stereocenters. The molecule has 0 saturated heterocycles. The molecule has 0 radical (unpaired) electrons. The zero-order chi connectivity index (χ0) is 16.0. The van der Waals surface area contributed by atoms with E-state index in [1.54, 1.807) is 12.1 Å². The van der Waals surface area contributed by atoms with Crippen LogP contribution >= 0.6 is 0 Å². The first-order valence-corrected chi connectivity index (χ1v) is 6.14. The molecular formula is C15H16O6. The Kier molecular flexibility index (Phi) is 5.66. The highest BCUT2D eigenvalue weighted by molar-refractivity contribution is 5.74. The number of esters is 3. The van der Waals surface area contributed by atoms with Gasteiger partial charge in [-0.3, -0.25) is 14.4 Å². The fraction of sp³-hybridized carbons (Fsp3) is 0.267. The first-order valence-electron chi connectivity index (χ1n) is 6.14. The predicted molar refractivity (Wildman–Crippen MR) is 73.7 cm³/mol. The summed E-state index contributed by atoms with van der Waals surface area (Å²) in [5.74, 6) is -1.19. The number of para-hydroxylation sites is 1. The summed E-state index contributed by atoms with van der Waals surface area (Å²) in [7, 11) is 0. The number of ether oxygens (including phenoxy) is 3. The lowest BCUT2D eigenvalue weighted by Gasteiger charge is -2.14. The van der Waals surface area contributed by atoms with Crippen molar-refractivity contribution in [3.05, 3.63) is 36.1 Å². The van der Waals surface area contributed by atoms with E-state index in [1.165, 1.54) is 26.8 Å². The van der Waals surface area contributed by atoms with E-state index in [2.05, 4.69) is 6.58 Å². The second-order valence-corrected chi connectivity index (χ2v) is 4.24. The van der Waals surface area contributed by atoms with Crippen LogP contribution in [0.25, 0.3) is 0 Å². The van der Waals surface area contributed by atoms with Gasteiger partial charge in [0, 0.05) is 32.8 Å². The van der Waals surface area contributed by atoms with Crippen LogP contribution in [0.15, 0.2) is 30.5 Å². The van der Waals surface area contributed by atoms with Gasteiger partial charge < -0.3 is 14.2 Å². The number of rotatable bonds is 5. The summed E-state index contributed by atoms with van der Waals surface area (Å²) in [5, 5.41) is 0. The van der Waals surface area contributed by atoms with Crippen molar-refractivity contribution < 1.29 is 28.6 Å². The molecule has 0 spiro atoms. The molecule has 112 valence electrons. The van der Waals surface area contributed by atoms with E-state index in [0.29, 0.717) is 5.56 Å². The van der Waals surface area contributed by atoms with Crippen molar-refractivity contribution in [2.24, 2.45) is 0 Å². The van der Waals surface area contributed by atoms with Gasteiger partial charge in [-0.05, 0) is 6.07 Å². The lowest BCUT2D eigenvalue weighted by atomic mass is 10.1. The minimum absolute atomic E-state index is 0.105. The van der Waals surface area contributed by atoms with Gasteiger partial charge in [0.25, 0.3) is 0 Å². The Morgan fingerprint density at radius 1 is 1.00 bits per heavy atom. The molecule has 0 N–H and O–H groups in total. The summed E-state index contributed by atoms with van der Waals surface area (Å²) in [4.78, 5) is 33.2. The van der Waals surface area contributed by atoms with Gasteiger partial charge in [0.15, 0.2) is 11.5 Å². The molecule has 0 aliphatic rings. The molecule has 0 fully saturated rings. The highest BCUT2D eigenvalue weighted by Gasteiger charge is 2.16. The van der Waals surface area contributed by atoms with Crippen LogP contribution in [0.2, 0.25) is 0 Å². The van der Waals surface area contributed by atoms with Crippen molar-refractivity contribution in [2.75, 3.05) is 0 Å². The molecule has 0 unspecified atom stereocenters. The molecule has 1 aromatic carbocycles. The maximum absolute atomic E-state index is 11.2. The maximum atomic E-state index is 11.2. The van der Waals surface area contributed by atoms with Crippen LogP contribution in [0.3, 0.4) is 0 Å². The first-order chi connectivity index (χ1) is 9.79. The van der Waals surface area contributed by atoms with Crippen molar-refractivity contribution in [2.45, 2.75) is 27.2 Å². The van der Waals surface area contributed by atoms with Gasteiger partial charge in [-0.25, -0.2) is 0 Å². The second-order valence-electron chi connectivity index (χ2n) is 4.24. The van der Waals surface area contributed by atoms with Gasteiger partial charge in [0.1, 0.15) is 5.76 Å². The van der Waals surface area contributed by atoms with E-state index in [4.69, 9.17) is 14.2 Å². The Morgan fingerprint density at radius 3 is 2.14 bits per heavy atom. The first kappa shape index (κ1) is 16.4. The quantitative estimate of drug-likeness (QED) is 0.470. The van der Waals surface area contributed by atoms with Gasteiger partial charge in [0.2, 0.25) is 0 Å². The summed E-state index contributed by atoms with van der Waals surface area (Å²) in [5.41, 5.74) is 0.509. The van der Waals surface area contributed by atoms with Crippen LogP contribution in [0.5, 0.6) is 11.5 Å². The Bertz CT molecular complexity index is 588. The third-order valence-electron chi connectivity index (χ3n) is 2.24. The zero-order valence-electron chi connectivity index (χ0n) is 12.1. The van der Waals surface area contributed by atoms with E-state index < -0.39 is 17.9 Å². The third kappa shape index (κ3) is 5.48. The molecule has 6 heteroatoms. The molecule has 0 amide bonds. The topological polar surface area (TPSA) is 78.9 Å². The molecule has 0 bridgehead atoms. The maximum Gasteiger partial charge on any atom is 0.308 e. The van der Waals surface area contributed by atoms with Gasteiger partial charge in [-0.15, -0.1) is 0 Å². The highest BCUT2D eigenvalue weighted by Crippen LogP contribution is 2.33. The van der Waals surface area contributed by atoms with E-state index in [9.17, 15) is 14.4 Å². The minimum Gasteiger partial charge on any atom is -0.432 e. The Hall–Kier alpha value is -2.63. The standard InChI is InChI=1S/C15H16O6/c1-9(19-10(2)16)8-13-6-5-7-14(20-11(3)17)15(13)21-12(4)18/h5-7H,1,8H2,2-4H3. The number of carbonyl (C=O) groups is 3. The number of hydrogen-bond acceptors (Lipinski definition) is 6. The molecule has 0 saturated carbocycles. The van der Waals surface area contributed by atoms with Gasteiger partial charge in [-0.2, -0.15) is 0 Å². The van der Waals surface area contributed by atoms with Crippen molar-refractivity contribution in [1.29, 1.82) is 0 Å². The minimum atomic E-state index is -0.561. The van der Waals surface area contributed by atoms with Gasteiger partial charge in [0.05, 0.1) is 0 Å². The molecule has 6 nitrogen and oxygen atoms in total. The SMILES string of the molecule is C=C(Cc1cccc(OC(C)=O)c1OC(C)=O)OC(C)=O. The predicted octanol–water partition coefficient (Wildman–Crippen LogP) is 2.16. The van der Waals surface area contributed by atoms with Crippen LogP contribution in [0.4, 0.5) is 0 Å². The molecule has 0 aliphatic carbocycles. The van der Waals surface area contributed by atoms with E-state index in [0.717, 1.165) is 0 Å². The monoisotopic (exact) mass is 292 g/mol. The highest BCUT2D eigenvalue weighted by atomic mass is 16.6. The van der Waals surface area contributed by atoms with Crippen LogP contribution in [0.1, 0.15) is 26.3 Å². The molecule has 21 heavy (non-hydrogen) atoms. The largest absolute Gasteiger partial charge is 0.432 e. The van der Waals surface area contributed by atoms with Crippen molar-refractivity contribution in [3.63, 3.8) is 0 Å². The lowest BCUT2D eigenvalue weighted by Crippen LogP contribution is -2.10. The Labute approximate surface area is 122 Å². The molecule has 1 rings (SSSR count). The Balaban J connectivity index is 3.11. The molecule has 0 heterocycles. The zero-order valence-corrected chi connectivity index (χ0v) is 12.1. The van der Waals surface area contributed by atoms with Crippen molar-refractivity contribution in [3.8, 4) is 11.5 Å². The average Bonchev–Trinajstić information content (AvgIpc) is 2.30. The summed E-state index contributed by atoms with van der Waals surface area (Å²) >= 11 is 0. The summed E-state index contributed by atoms with van der Waals surface area (Å²) in [6.07, 6.45) is 0.136. The van der Waals surface area contributed by atoms with Gasteiger partial charge >= 0.3 is 17.9 Å². The van der Waals surface area contributed by atoms with Gasteiger partial charge in [-0.1, -0.05) is 18.7 Å². The lowest BCUT2D eigenvalue weighted by molar-refractivity contribution is -0.137. The number of hydrogen-bond donors (Lipinski definition) is 0. The summed E-state index contributed by atoms with van der Waals surface area (Å²) in [6, 6.07) is 4.78. The summed E-state index contributed by atoms with van der Waals surface area (Å²) < 4.78 is 14.9. The Morgan fingerprint density at radius 2 is 1.62 bits per heavy atom. The molecule has 0 aliphatic heterocycles. The van der Waals surface area contributed by atoms with E-state index in [1.807, 2.05) is 0 Å². The van der Waals surface area contributed by atoms with E-state index >= 15 is 0 Å². The summed E-state index contributed by atoms with van der Waals surface area (Å²) in [6.45, 7) is 7.34. The van der Waals surface area contributed by atoms with Crippen LogP contribution in [0, 0.1) is 0 Å². The number of allylic oxidation sites excluding steroid dienone is 1. The number of carbonyl (C=O) groups excluding carboxylic acids is 3. The van der Waals surface area contributed by atoms with Crippen LogP contribution in [-0.4, -0.2) is 17.9 Å². The molecule has 0 aromatic heterocycles. The fourth-order valence-electron chi connectivity index (χ4n) is 1.65. The normalized spacial score (nSPS) is 9.67. The van der Waals surface area contributed by atoms with Crippen LogP contribution < -0.4 is 9.47 Å². The van der Waals surface area contributed by atoms with Crippen molar-refractivity contribution >= 4 is 17.9 Å². The third-order valence-corrected chi connectivity index (χ3v) is 2.24. The van der Waals surface area contributed by atoms with E-state index in [-0.39, 0.29) is 23.7 Å². The van der Waals surface area contributed by atoms with Crippen molar-refractivity contribution in [1.82, 2.24) is 0 Å². The molecular weight excluding hydrogens is 276 g/mol. The molecule has 1 aromatic rings.